The molecule has 2 aliphatic rings. The molecule has 8 rings (SSSR count). The van der Waals surface area contributed by atoms with E-state index < -0.39 is 75.7 Å². The Labute approximate surface area is 416 Å². The third kappa shape index (κ3) is 15.4. The quantitative estimate of drug-likeness (QED) is 0.0575. The SMILES string of the molecule is CO[C@H]1O[C@H](COCc2ccccc2)[C@@H](O[P+](=O)O[C@@H]2O[C@@H](C)[C@H](OCc3ccccc3)[C@@H](OCc3ccccc3)[C@H]2OCc2ccccc2)[C@H](OCc2ccccc2)[C@H]1NC(=O)OCc1ccccc1. The van der Waals surface area contributed by atoms with Gasteiger partial charge in [0.2, 0.25) is 6.29 Å². The van der Waals surface area contributed by atoms with Gasteiger partial charge in [-0.3, -0.25) is 0 Å². The molecular formula is C56H61NO13P+. The summed E-state index contributed by atoms with van der Waals surface area (Å²) < 4.78 is 85.3. The Morgan fingerprint density at radius 3 is 1.35 bits per heavy atom. The molecule has 71 heavy (non-hydrogen) atoms. The molecule has 6 aromatic carbocycles. The Hall–Kier alpha value is -5.71. The normalized spacial score (nSPS) is 24.5. The van der Waals surface area contributed by atoms with Crippen LogP contribution in [0.3, 0.4) is 0 Å². The van der Waals surface area contributed by atoms with E-state index in [1.54, 1.807) is 0 Å². The monoisotopic (exact) mass is 986 g/mol. The smallest absolute Gasteiger partial charge is 0.445 e. The van der Waals surface area contributed by atoms with Crippen LogP contribution in [-0.4, -0.2) is 81.2 Å². The van der Waals surface area contributed by atoms with Crippen LogP contribution < -0.4 is 5.32 Å². The summed E-state index contributed by atoms with van der Waals surface area (Å²) in [6.45, 7) is 2.77. The number of benzene rings is 6. The number of hydrogen-bond acceptors (Lipinski definition) is 13. The van der Waals surface area contributed by atoms with Gasteiger partial charge in [0, 0.05) is 11.7 Å². The Balaban J connectivity index is 1.08. The molecule has 2 saturated heterocycles. The van der Waals surface area contributed by atoms with Gasteiger partial charge in [0.1, 0.15) is 43.2 Å². The number of methoxy groups -OCH3 is 1. The molecule has 372 valence electrons. The van der Waals surface area contributed by atoms with E-state index in [9.17, 15) is 9.36 Å². The Bertz CT molecular complexity index is 2460. The molecule has 0 spiro atoms. The van der Waals surface area contributed by atoms with Crippen LogP contribution in [0, 0.1) is 0 Å². The molecule has 0 saturated carbocycles. The molecule has 2 fully saturated rings. The van der Waals surface area contributed by atoms with Crippen LogP contribution in [0.2, 0.25) is 0 Å². The van der Waals surface area contributed by atoms with Crippen molar-refractivity contribution in [1.29, 1.82) is 0 Å². The topological polar surface area (TPSA) is 148 Å². The molecule has 11 atom stereocenters. The summed E-state index contributed by atoms with van der Waals surface area (Å²) in [6, 6.07) is 56.7. The molecule has 0 bridgehead atoms. The van der Waals surface area contributed by atoms with E-state index in [4.69, 9.17) is 51.7 Å². The molecular weight excluding hydrogens is 926 g/mol. The molecule has 1 unspecified atom stereocenters. The number of ether oxygens (including phenoxy) is 9. The molecule has 14 nitrogen and oxygen atoms in total. The minimum Gasteiger partial charge on any atom is -0.445 e. The Morgan fingerprint density at radius 2 is 0.887 bits per heavy atom. The lowest BCUT2D eigenvalue weighted by atomic mass is 9.96. The van der Waals surface area contributed by atoms with Crippen LogP contribution in [0.1, 0.15) is 40.3 Å². The third-order valence-corrected chi connectivity index (χ3v) is 12.8. The fraction of sp³-hybridized carbons (Fsp3) is 0.339. The van der Waals surface area contributed by atoms with E-state index in [0.717, 1.165) is 33.4 Å². The van der Waals surface area contributed by atoms with Gasteiger partial charge in [-0.15, -0.1) is 4.52 Å². The van der Waals surface area contributed by atoms with Crippen molar-refractivity contribution in [3.05, 3.63) is 215 Å². The molecule has 2 aliphatic heterocycles. The zero-order valence-corrected chi connectivity index (χ0v) is 40.7. The van der Waals surface area contributed by atoms with Gasteiger partial charge in [0.15, 0.2) is 12.4 Å². The van der Waals surface area contributed by atoms with Crippen molar-refractivity contribution in [2.45, 2.75) is 108 Å². The van der Waals surface area contributed by atoms with Crippen LogP contribution in [0.15, 0.2) is 182 Å². The number of alkyl carbamates (subject to hydrolysis) is 1. The van der Waals surface area contributed by atoms with Crippen molar-refractivity contribution in [1.82, 2.24) is 5.32 Å². The van der Waals surface area contributed by atoms with Gasteiger partial charge in [0.05, 0.1) is 45.7 Å². The van der Waals surface area contributed by atoms with Crippen LogP contribution in [0.4, 0.5) is 4.79 Å². The first-order valence-corrected chi connectivity index (χ1v) is 24.8. The van der Waals surface area contributed by atoms with E-state index in [1.807, 2.05) is 189 Å². The average Bonchev–Trinajstić information content (AvgIpc) is 3.41. The zero-order chi connectivity index (χ0) is 49.0. The first kappa shape index (κ1) is 51.6. The Morgan fingerprint density at radius 1 is 0.479 bits per heavy atom. The van der Waals surface area contributed by atoms with Gasteiger partial charge in [-0.05, 0) is 40.3 Å². The van der Waals surface area contributed by atoms with Crippen molar-refractivity contribution >= 4 is 14.3 Å². The van der Waals surface area contributed by atoms with Crippen molar-refractivity contribution in [2.24, 2.45) is 0 Å². The molecule has 15 heteroatoms. The zero-order valence-electron chi connectivity index (χ0n) is 39.8. The number of amides is 1. The maximum atomic E-state index is 14.8. The van der Waals surface area contributed by atoms with Gasteiger partial charge in [-0.1, -0.05) is 187 Å². The highest BCUT2D eigenvalue weighted by Gasteiger charge is 2.56. The van der Waals surface area contributed by atoms with Gasteiger partial charge >= 0.3 is 14.3 Å². The third-order valence-electron chi connectivity index (χ3n) is 12.0. The van der Waals surface area contributed by atoms with E-state index in [1.165, 1.54) is 7.11 Å². The summed E-state index contributed by atoms with van der Waals surface area (Å²) in [6.07, 6.45) is -9.40. The fourth-order valence-corrected chi connectivity index (χ4v) is 9.26. The summed E-state index contributed by atoms with van der Waals surface area (Å²) >= 11 is 0. The molecule has 2 heterocycles. The first-order valence-electron chi connectivity index (χ1n) is 23.8. The van der Waals surface area contributed by atoms with Crippen LogP contribution >= 0.6 is 8.25 Å². The first-order chi connectivity index (χ1) is 34.9. The second kappa shape index (κ2) is 27.2. The standard InChI is InChI=1S/C56H60NO13P/c1-40-49(62-34-42-23-11-4-12-24-42)52(64-36-44-27-15-6-16-28-44)53(65-37-45-29-17-7-18-30-45)55(67-40)70-71(59)69-50-47(39-61-33-41-21-9-3-10-22-41)68-54(60-2)48(51(50)63-35-43-25-13-5-14-26-43)57-56(58)66-38-46-31-19-8-20-32-46/h3-32,40,47-55H,33-39H2,1-2H3/p+1/t40-,47+,48+,49-,50+,51+,52+,53+,54-,55-/m0/s1. The molecule has 1 amide bonds. The largest absolute Gasteiger partial charge is 0.700 e. The predicted molar refractivity (Wildman–Crippen MR) is 263 cm³/mol. The molecule has 6 aromatic rings. The van der Waals surface area contributed by atoms with Gasteiger partial charge < -0.3 is 47.9 Å². The number of rotatable bonds is 24. The maximum Gasteiger partial charge on any atom is 0.700 e. The predicted octanol–water partition coefficient (Wildman–Crippen LogP) is 10.0. The summed E-state index contributed by atoms with van der Waals surface area (Å²) in [5.74, 6) is 0. The minimum absolute atomic E-state index is 0.00451. The summed E-state index contributed by atoms with van der Waals surface area (Å²) in [5, 5.41) is 2.90. The molecule has 0 aromatic heterocycles. The van der Waals surface area contributed by atoms with E-state index >= 15 is 0 Å². The highest BCUT2D eigenvalue weighted by Crippen LogP contribution is 2.40. The number of carbonyl (C=O) groups is 1. The van der Waals surface area contributed by atoms with Gasteiger partial charge in [0.25, 0.3) is 0 Å². The molecule has 1 N–H and O–H groups in total. The molecule has 0 aliphatic carbocycles. The maximum absolute atomic E-state index is 14.8. The van der Waals surface area contributed by atoms with E-state index in [2.05, 4.69) is 5.32 Å². The minimum atomic E-state index is -3.09. The highest BCUT2D eigenvalue weighted by atomic mass is 31.1. The summed E-state index contributed by atoms with van der Waals surface area (Å²) in [7, 11) is -1.63. The van der Waals surface area contributed by atoms with Crippen LogP contribution in [-0.2, 0) is 95.9 Å². The highest BCUT2D eigenvalue weighted by molar-refractivity contribution is 7.33. The van der Waals surface area contributed by atoms with Crippen molar-refractivity contribution in [3.63, 3.8) is 0 Å². The second-order valence-corrected chi connectivity index (χ2v) is 18.0. The number of carbonyl (C=O) groups excluding carboxylic acids is 1. The fourth-order valence-electron chi connectivity index (χ4n) is 8.42. The van der Waals surface area contributed by atoms with Crippen molar-refractivity contribution in [2.75, 3.05) is 13.7 Å². The van der Waals surface area contributed by atoms with Crippen molar-refractivity contribution < 1.29 is 61.0 Å². The number of nitrogens with one attached hydrogen (secondary N) is 1. The van der Waals surface area contributed by atoms with E-state index in [0.29, 0.717) is 0 Å². The molecule has 0 radical (unpaired) electrons. The van der Waals surface area contributed by atoms with Gasteiger partial charge in [-0.2, -0.15) is 0 Å². The average molecular weight is 987 g/mol. The van der Waals surface area contributed by atoms with E-state index in [-0.39, 0.29) is 46.2 Å². The lowest BCUT2D eigenvalue weighted by molar-refractivity contribution is -0.303. The van der Waals surface area contributed by atoms with Crippen LogP contribution in [0.25, 0.3) is 0 Å². The van der Waals surface area contributed by atoms with Gasteiger partial charge in [-0.25, -0.2) is 4.79 Å². The van der Waals surface area contributed by atoms with Crippen LogP contribution in [0.5, 0.6) is 0 Å². The lowest BCUT2D eigenvalue weighted by Crippen LogP contribution is -2.65. The Kier molecular flexibility index (Phi) is 19.8. The van der Waals surface area contributed by atoms with Crippen molar-refractivity contribution in [3.8, 4) is 0 Å². The summed E-state index contributed by atoms with van der Waals surface area (Å²) in [5.41, 5.74) is 5.34. The summed E-state index contributed by atoms with van der Waals surface area (Å²) in [4.78, 5) is 13.6. The lowest BCUT2D eigenvalue weighted by Gasteiger charge is -2.44. The number of hydrogen-bond donors (Lipinski definition) is 1. The second-order valence-electron chi connectivity index (χ2n) is 17.2.